The maximum absolute atomic E-state index is 5.85. The molecule has 0 aliphatic heterocycles. The van der Waals surface area contributed by atoms with Gasteiger partial charge in [-0.1, -0.05) is 11.6 Å². The Morgan fingerprint density at radius 2 is 2.50 bits per heavy atom. The van der Waals surface area contributed by atoms with Crippen LogP contribution in [0.1, 0.15) is 19.2 Å². The van der Waals surface area contributed by atoms with E-state index in [9.17, 15) is 0 Å². The minimum atomic E-state index is 0.301. The van der Waals surface area contributed by atoms with E-state index in [-0.39, 0.29) is 0 Å². The summed E-state index contributed by atoms with van der Waals surface area (Å²) in [7, 11) is 1.89. The van der Waals surface area contributed by atoms with Gasteiger partial charge in [-0.25, -0.2) is 4.98 Å². The molecular formula is C10H14ClN3. The maximum atomic E-state index is 5.85. The highest BCUT2D eigenvalue weighted by Gasteiger charge is 2.05. The molecule has 3 nitrogen and oxygen atoms in total. The van der Waals surface area contributed by atoms with Crippen LogP contribution >= 0.6 is 11.6 Å². The van der Waals surface area contributed by atoms with Gasteiger partial charge in [0.1, 0.15) is 11.0 Å². The number of nitrogens with zero attached hydrogens (tertiary/aromatic N) is 2. The van der Waals surface area contributed by atoms with Crippen molar-refractivity contribution in [2.24, 2.45) is 7.05 Å². The third-order valence-electron chi connectivity index (χ3n) is 2.06. The Balaban J connectivity index is 2.46. The van der Waals surface area contributed by atoms with Gasteiger partial charge in [0.05, 0.1) is 12.7 Å². The molecule has 0 saturated heterocycles. The first-order valence-corrected chi connectivity index (χ1v) is 4.86. The van der Waals surface area contributed by atoms with Crippen LogP contribution in [-0.4, -0.2) is 15.6 Å². The van der Waals surface area contributed by atoms with Gasteiger partial charge < -0.3 is 9.88 Å². The van der Waals surface area contributed by atoms with Gasteiger partial charge in [0, 0.05) is 19.5 Å². The molecule has 0 aliphatic rings. The molecule has 76 valence electrons. The summed E-state index contributed by atoms with van der Waals surface area (Å²) in [6.45, 7) is 2.73. The molecule has 0 fully saturated rings. The van der Waals surface area contributed by atoms with Gasteiger partial charge in [0.15, 0.2) is 0 Å². The second-order valence-corrected chi connectivity index (χ2v) is 3.63. The lowest BCUT2D eigenvalue weighted by atomic mass is 10.2. The number of terminal acetylenes is 1. The fraction of sp³-hybridized carbons (Fsp3) is 0.500. The molecule has 1 rings (SSSR count). The summed E-state index contributed by atoms with van der Waals surface area (Å²) in [6.07, 6.45) is 7.56. The number of rotatable bonds is 4. The Hall–Kier alpha value is -0.980. The molecule has 0 spiro atoms. The van der Waals surface area contributed by atoms with Crippen LogP contribution in [0.2, 0.25) is 5.15 Å². The van der Waals surface area contributed by atoms with Crippen LogP contribution in [0.5, 0.6) is 0 Å². The zero-order valence-electron chi connectivity index (χ0n) is 8.42. The quantitative estimate of drug-likeness (QED) is 0.767. The molecule has 1 aromatic rings. The smallest absolute Gasteiger partial charge is 0.128 e. The average molecular weight is 212 g/mol. The first-order valence-electron chi connectivity index (χ1n) is 4.48. The van der Waals surface area contributed by atoms with E-state index in [1.54, 1.807) is 6.20 Å². The number of hydrogen-bond donors (Lipinski definition) is 1. The molecule has 0 bridgehead atoms. The van der Waals surface area contributed by atoms with Crippen LogP contribution in [0.15, 0.2) is 6.20 Å². The van der Waals surface area contributed by atoms with E-state index in [0.717, 1.165) is 12.2 Å². The third kappa shape index (κ3) is 2.76. The molecule has 0 amide bonds. The zero-order chi connectivity index (χ0) is 10.6. The van der Waals surface area contributed by atoms with Crippen LogP contribution < -0.4 is 5.32 Å². The highest BCUT2D eigenvalue weighted by molar-refractivity contribution is 6.29. The van der Waals surface area contributed by atoms with Crippen LogP contribution in [-0.2, 0) is 13.6 Å². The predicted molar refractivity (Wildman–Crippen MR) is 58.0 cm³/mol. The third-order valence-corrected chi connectivity index (χ3v) is 2.41. The summed E-state index contributed by atoms with van der Waals surface area (Å²) in [5, 5.41) is 3.91. The van der Waals surface area contributed by atoms with E-state index < -0.39 is 0 Å². The summed E-state index contributed by atoms with van der Waals surface area (Å²) >= 11 is 5.85. The fourth-order valence-electron chi connectivity index (χ4n) is 1.10. The minimum absolute atomic E-state index is 0.301. The van der Waals surface area contributed by atoms with Crippen molar-refractivity contribution in [3.63, 3.8) is 0 Å². The van der Waals surface area contributed by atoms with Crippen molar-refractivity contribution >= 4 is 11.6 Å². The first kappa shape index (κ1) is 11.1. The summed E-state index contributed by atoms with van der Waals surface area (Å²) in [5.41, 5.74) is 0. The molecule has 0 saturated carbocycles. The number of nitrogens with one attached hydrogen (secondary N) is 1. The summed E-state index contributed by atoms with van der Waals surface area (Å²) < 4.78 is 1.84. The van der Waals surface area contributed by atoms with Gasteiger partial charge in [0.25, 0.3) is 0 Å². The van der Waals surface area contributed by atoms with Gasteiger partial charge in [-0.05, 0) is 6.92 Å². The van der Waals surface area contributed by atoms with E-state index in [2.05, 4.69) is 16.2 Å². The Morgan fingerprint density at radius 3 is 3.00 bits per heavy atom. The Morgan fingerprint density at radius 1 is 1.79 bits per heavy atom. The number of imidazole rings is 1. The van der Waals surface area contributed by atoms with Gasteiger partial charge in [0.2, 0.25) is 0 Å². The second-order valence-electron chi connectivity index (χ2n) is 3.25. The van der Waals surface area contributed by atoms with Crippen molar-refractivity contribution in [1.29, 1.82) is 0 Å². The molecule has 1 N–H and O–H groups in total. The van der Waals surface area contributed by atoms with E-state index >= 15 is 0 Å². The molecule has 4 heteroatoms. The average Bonchev–Trinajstić information content (AvgIpc) is 2.46. The molecule has 0 aromatic carbocycles. The lowest BCUT2D eigenvalue weighted by Crippen LogP contribution is -2.26. The topological polar surface area (TPSA) is 29.9 Å². The monoisotopic (exact) mass is 211 g/mol. The molecule has 1 atom stereocenters. The van der Waals surface area contributed by atoms with E-state index in [4.69, 9.17) is 18.0 Å². The molecule has 0 radical (unpaired) electrons. The molecule has 14 heavy (non-hydrogen) atoms. The predicted octanol–water partition coefficient (Wildman–Crippen LogP) is 1.57. The van der Waals surface area contributed by atoms with Crippen molar-refractivity contribution < 1.29 is 0 Å². The Labute approximate surface area is 89.5 Å². The Kier molecular flexibility index (Phi) is 3.99. The van der Waals surface area contributed by atoms with E-state index in [0.29, 0.717) is 17.7 Å². The first-order chi connectivity index (χ1) is 6.65. The van der Waals surface area contributed by atoms with Crippen LogP contribution in [0.25, 0.3) is 0 Å². The molecule has 1 unspecified atom stereocenters. The summed E-state index contributed by atoms with van der Waals surface area (Å²) in [6, 6.07) is 0.301. The minimum Gasteiger partial charge on any atom is -0.321 e. The van der Waals surface area contributed by atoms with Gasteiger partial charge in [-0.3, -0.25) is 0 Å². The number of hydrogen-bond acceptors (Lipinski definition) is 2. The number of aromatic nitrogens is 2. The fourth-order valence-corrected chi connectivity index (χ4v) is 1.25. The van der Waals surface area contributed by atoms with Crippen molar-refractivity contribution in [3.05, 3.63) is 17.2 Å². The maximum Gasteiger partial charge on any atom is 0.128 e. The van der Waals surface area contributed by atoms with Gasteiger partial charge in [-0.2, -0.15) is 0 Å². The van der Waals surface area contributed by atoms with Crippen molar-refractivity contribution in [3.8, 4) is 12.3 Å². The largest absolute Gasteiger partial charge is 0.321 e. The lowest BCUT2D eigenvalue weighted by molar-refractivity contribution is 0.537. The molecule has 0 aliphatic carbocycles. The zero-order valence-corrected chi connectivity index (χ0v) is 9.17. The van der Waals surface area contributed by atoms with E-state index in [1.165, 1.54) is 0 Å². The number of halogens is 1. The Bertz CT molecular complexity index is 338. The van der Waals surface area contributed by atoms with Crippen LogP contribution in [0.3, 0.4) is 0 Å². The normalized spacial score (nSPS) is 12.4. The SMILES string of the molecule is C#CCC(C)NCc1ncc(Cl)n1C. The molecule has 1 aromatic heterocycles. The van der Waals surface area contributed by atoms with Crippen molar-refractivity contribution in [2.75, 3.05) is 0 Å². The van der Waals surface area contributed by atoms with Crippen LogP contribution in [0.4, 0.5) is 0 Å². The highest BCUT2D eigenvalue weighted by Crippen LogP contribution is 2.08. The van der Waals surface area contributed by atoms with Gasteiger partial charge in [-0.15, -0.1) is 12.3 Å². The summed E-state index contributed by atoms with van der Waals surface area (Å²) in [4.78, 5) is 4.16. The second kappa shape index (κ2) is 5.04. The highest BCUT2D eigenvalue weighted by atomic mass is 35.5. The van der Waals surface area contributed by atoms with Crippen LogP contribution in [0, 0.1) is 12.3 Å². The van der Waals surface area contributed by atoms with Crippen molar-refractivity contribution in [2.45, 2.75) is 25.9 Å². The molecule has 1 heterocycles. The van der Waals surface area contributed by atoms with E-state index in [1.807, 2.05) is 18.5 Å². The lowest BCUT2D eigenvalue weighted by Gasteiger charge is -2.10. The van der Waals surface area contributed by atoms with Crippen molar-refractivity contribution in [1.82, 2.24) is 14.9 Å². The van der Waals surface area contributed by atoms with Gasteiger partial charge >= 0.3 is 0 Å². The summed E-state index contributed by atoms with van der Waals surface area (Å²) in [5.74, 6) is 3.52. The standard InChI is InChI=1S/C10H14ClN3/c1-4-5-8(2)12-7-10-13-6-9(11)14(10)3/h1,6,8,12H,5,7H2,2-3H3. The molecular weight excluding hydrogens is 198 g/mol.